The van der Waals surface area contributed by atoms with Gasteiger partial charge >= 0.3 is 0 Å². The molecule has 2 heterocycles. The van der Waals surface area contributed by atoms with Gasteiger partial charge in [-0.15, -0.1) is 0 Å². The molecule has 4 rings (SSSR count). The van der Waals surface area contributed by atoms with Crippen molar-refractivity contribution in [2.75, 3.05) is 5.73 Å². The molecule has 0 atom stereocenters. The van der Waals surface area contributed by atoms with E-state index in [9.17, 15) is 9.90 Å². The Kier molecular flexibility index (Phi) is 6.34. The fourth-order valence-electron chi connectivity index (χ4n) is 4.04. The zero-order chi connectivity index (χ0) is 24.0. The van der Waals surface area contributed by atoms with Crippen LogP contribution in [0.4, 0.5) is 10.2 Å². The van der Waals surface area contributed by atoms with E-state index in [0.717, 1.165) is 11.1 Å². The minimum absolute atomic E-state index is 0.164. The number of rotatable bonds is 6. The van der Waals surface area contributed by atoms with Crippen LogP contribution in [0.2, 0.25) is 11.6 Å². The van der Waals surface area contributed by atoms with Crippen molar-refractivity contribution < 1.29 is 19.0 Å². The van der Waals surface area contributed by atoms with Crippen molar-refractivity contribution in [3.8, 4) is 5.75 Å². The molecule has 0 unspecified atom stereocenters. The average molecular weight is 491 g/mol. The molecule has 1 fully saturated rings. The molecule has 0 spiro atoms. The van der Waals surface area contributed by atoms with E-state index < -0.39 is 26.6 Å². The number of aromatic nitrogens is 3. The fraction of sp³-hybridized carbons (Fsp3) is 0.409. The molecule has 1 aliphatic carbocycles. The fourth-order valence-corrected chi connectivity index (χ4v) is 6.34. The van der Waals surface area contributed by atoms with Crippen molar-refractivity contribution in [2.45, 2.75) is 58.4 Å². The number of fused-ring (bicyclic) bond motifs is 1. The Morgan fingerprint density at radius 3 is 2.79 bits per heavy atom. The predicted octanol–water partition coefficient (Wildman–Crippen LogP) is 1.69. The molecule has 0 bridgehead atoms. The first-order valence-electron chi connectivity index (χ1n) is 10.7. The van der Waals surface area contributed by atoms with E-state index >= 15 is 4.39 Å². The topological polar surface area (TPSA) is 115 Å². The lowest BCUT2D eigenvalue weighted by molar-refractivity contribution is 0.0559. The molecule has 8 nitrogen and oxygen atoms in total. The number of carbonyl (C=O) groups is 1. The highest BCUT2D eigenvalue weighted by Gasteiger charge is 2.34. The number of halogens is 2. The van der Waals surface area contributed by atoms with Crippen molar-refractivity contribution in [1.29, 1.82) is 0 Å². The van der Waals surface area contributed by atoms with Crippen LogP contribution in [0, 0.1) is 12.7 Å². The Morgan fingerprint density at radius 1 is 1.45 bits per heavy atom. The molecule has 2 aromatic heterocycles. The second-order valence-electron chi connectivity index (χ2n) is 8.56. The molecule has 33 heavy (non-hydrogen) atoms. The lowest BCUT2D eigenvalue weighted by atomic mass is 9.89. The molecule has 3 aromatic rings. The summed E-state index contributed by atoms with van der Waals surface area (Å²) in [6.07, 6.45) is 3.47. The van der Waals surface area contributed by atoms with Gasteiger partial charge in [-0.2, -0.15) is 0 Å². The van der Waals surface area contributed by atoms with Crippen LogP contribution in [0.3, 0.4) is 0 Å². The Labute approximate surface area is 197 Å². The number of aryl methyl sites for hydroxylation is 1. The summed E-state index contributed by atoms with van der Waals surface area (Å²) >= 11 is 6.27. The van der Waals surface area contributed by atoms with Gasteiger partial charge in [0.1, 0.15) is 22.6 Å². The maximum absolute atomic E-state index is 15.2. The number of nitrogens with one attached hydrogen (secondary N) is 1. The smallest absolute Gasteiger partial charge is 0.258 e. The number of nitrogens with two attached hydrogens (primary N) is 1. The quantitative estimate of drug-likeness (QED) is 0.453. The number of imidazole rings is 1. The van der Waals surface area contributed by atoms with Gasteiger partial charge in [0.2, 0.25) is 0 Å². The van der Waals surface area contributed by atoms with Gasteiger partial charge in [0.25, 0.3) is 5.91 Å². The third-order valence-corrected chi connectivity index (χ3v) is 8.18. The number of hydrogen-bond acceptors (Lipinski definition) is 6. The number of aliphatic hydroxyl groups excluding tert-OH is 1. The summed E-state index contributed by atoms with van der Waals surface area (Å²) in [5, 5.41) is 12.8. The maximum Gasteiger partial charge on any atom is 0.258 e. The summed E-state index contributed by atoms with van der Waals surface area (Å²) in [7, 11) is -1.69. The number of ether oxygens (including phenoxy) is 1. The van der Waals surface area contributed by atoms with Gasteiger partial charge in [-0.1, -0.05) is 18.1 Å². The summed E-state index contributed by atoms with van der Waals surface area (Å²) < 4.78 is 23.1. The SMILES string of the molecule is Cc1nc([Si](C)c2cc(Cl)c(F)c(C(=O)NC3CC(O)C3)c2OC(C)C)n2ccnc(N)c12. The van der Waals surface area contributed by atoms with Crippen molar-refractivity contribution in [3.63, 3.8) is 0 Å². The van der Waals surface area contributed by atoms with Gasteiger partial charge in [-0.25, -0.2) is 14.4 Å². The van der Waals surface area contributed by atoms with Crippen LogP contribution in [0.15, 0.2) is 18.5 Å². The number of carbonyl (C=O) groups excluding carboxylic acids is 1. The van der Waals surface area contributed by atoms with Crippen LogP contribution in [0.5, 0.6) is 5.75 Å². The molecule has 0 aliphatic heterocycles. The summed E-state index contributed by atoms with van der Waals surface area (Å²) in [5.74, 6) is -0.920. The van der Waals surface area contributed by atoms with Gasteiger partial charge in [-0.3, -0.25) is 4.79 Å². The van der Waals surface area contributed by atoms with Crippen LogP contribution >= 0.6 is 11.6 Å². The molecule has 175 valence electrons. The van der Waals surface area contributed by atoms with E-state index in [1.807, 2.05) is 31.7 Å². The lowest BCUT2D eigenvalue weighted by Crippen LogP contribution is -2.48. The van der Waals surface area contributed by atoms with E-state index in [1.54, 1.807) is 12.4 Å². The van der Waals surface area contributed by atoms with E-state index in [-0.39, 0.29) is 28.5 Å². The van der Waals surface area contributed by atoms with Gasteiger partial charge in [0, 0.05) is 18.4 Å². The molecule has 1 radical (unpaired) electrons. The second kappa shape index (κ2) is 8.92. The standard InChI is InChI=1S/C22H26ClFN5O3Si/c1-10(2)32-19-15(33(4)22-27-11(3)18-20(25)26-5-6-29(18)22)9-14(23)17(24)16(19)21(31)28-12-7-13(30)8-12/h5-6,9-10,12-13,30H,7-8H2,1-4H3,(H2,25,26)(H,28,31). The average Bonchev–Trinajstić information content (AvgIpc) is 3.06. The van der Waals surface area contributed by atoms with Crippen molar-refractivity contribution in [3.05, 3.63) is 40.6 Å². The first kappa shape index (κ1) is 23.5. The van der Waals surface area contributed by atoms with Gasteiger partial charge in [0.05, 0.1) is 28.4 Å². The highest BCUT2D eigenvalue weighted by molar-refractivity contribution is 6.84. The zero-order valence-electron chi connectivity index (χ0n) is 18.8. The molecule has 11 heteroatoms. The Balaban J connectivity index is 1.85. The van der Waals surface area contributed by atoms with E-state index in [1.165, 1.54) is 6.07 Å². The van der Waals surface area contributed by atoms with Crippen molar-refractivity contribution in [1.82, 2.24) is 19.7 Å². The monoisotopic (exact) mass is 490 g/mol. The van der Waals surface area contributed by atoms with E-state index in [0.29, 0.717) is 29.4 Å². The normalized spacial score (nSPS) is 18.1. The number of aliphatic hydroxyl groups is 1. The van der Waals surface area contributed by atoms with Crippen molar-refractivity contribution >= 4 is 48.3 Å². The van der Waals surface area contributed by atoms with Crippen LogP contribution in [0.25, 0.3) is 5.52 Å². The number of anilines is 1. The second-order valence-corrected chi connectivity index (χ2v) is 11.2. The minimum atomic E-state index is -1.69. The number of nitrogens with zero attached hydrogens (tertiary/aromatic N) is 3. The molecule has 1 aromatic carbocycles. The maximum atomic E-state index is 15.2. The Hall–Kier alpha value is -2.69. The van der Waals surface area contributed by atoms with Crippen LogP contribution < -0.4 is 26.4 Å². The molecule has 1 aliphatic rings. The van der Waals surface area contributed by atoms with Gasteiger partial charge in [-0.05, 0) is 44.9 Å². The third kappa shape index (κ3) is 4.30. The molecule has 1 saturated carbocycles. The molecule has 1 amide bonds. The highest BCUT2D eigenvalue weighted by Crippen LogP contribution is 2.29. The van der Waals surface area contributed by atoms with Crippen LogP contribution in [-0.4, -0.2) is 52.4 Å². The minimum Gasteiger partial charge on any atom is -0.490 e. The van der Waals surface area contributed by atoms with Crippen LogP contribution in [-0.2, 0) is 0 Å². The number of hydrogen-bond donors (Lipinski definition) is 3. The van der Waals surface area contributed by atoms with Crippen molar-refractivity contribution in [2.24, 2.45) is 0 Å². The lowest BCUT2D eigenvalue weighted by Gasteiger charge is -2.32. The Bertz CT molecular complexity index is 1230. The Morgan fingerprint density at radius 2 is 2.15 bits per heavy atom. The summed E-state index contributed by atoms with van der Waals surface area (Å²) in [6, 6.07) is 1.30. The highest BCUT2D eigenvalue weighted by atomic mass is 35.5. The largest absolute Gasteiger partial charge is 0.490 e. The van der Waals surface area contributed by atoms with Crippen LogP contribution in [0.1, 0.15) is 42.7 Å². The number of benzene rings is 1. The molecule has 4 N–H and O–H groups in total. The molecular formula is C22H26ClFN5O3Si. The zero-order valence-corrected chi connectivity index (χ0v) is 20.6. The predicted molar refractivity (Wildman–Crippen MR) is 127 cm³/mol. The van der Waals surface area contributed by atoms with Gasteiger partial charge in [0.15, 0.2) is 14.6 Å². The first-order valence-corrected chi connectivity index (χ1v) is 13.1. The number of amides is 1. The molecular weight excluding hydrogens is 465 g/mol. The van der Waals surface area contributed by atoms with E-state index in [4.69, 9.17) is 27.1 Å². The third-order valence-electron chi connectivity index (χ3n) is 5.70. The molecule has 0 saturated heterocycles. The number of nitrogen functional groups attached to an aromatic ring is 1. The summed E-state index contributed by atoms with van der Waals surface area (Å²) in [4.78, 5) is 22.0. The van der Waals surface area contributed by atoms with E-state index in [2.05, 4.69) is 10.3 Å². The first-order chi connectivity index (χ1) is 15.6. The summed E-state index contributed by atoms with van der Waals surface area (Å²) in [5.41, 5.74) is 7.99. The van der Waals surface area contributed by atoms with Gasteiger partial charge < -0.3 is 25.3 Å². The summed E-state index contributed by atoms with van der Waals surface area (Å²) in [6.45, 7) is 7.45.